The first-order valence-electron chi connectivity index (χ1n) is 7.10. The van der Waals surface area contributed by atoms with E-state index in [-0.39, 0.29) is 5.78 Å². The third-order valence-corrected chi connectivity index (χ3v) is 3.80. The van der Waals surface area contributed by atoms with Crippen LogP contribution in [0.4, 0.5) is 0 Å². The lowest BCUT2D eigenvalue weighted by atomic mass is 9.78. The van der Waals surface area contributed by atoms with Crippen molar-refractivity contribution in [2.45, 2.75) is 26.4 Å². The zero-order valence-corrected chi connectivity index (χ0v) is 12.0. The molecule has 1 aliphatic rings. The van der Waals surface area contributed by atoms with E-state index in [9.17, 15) is 9.82 Å². The Hall–Kier alpha value is -1.91. The Morgan fingerprint density at radius 1 is 1.14 bits per heavy atom. The zero-order chi connectivity index (χ0) is 14.8. The minimum absolute atomic E-state index is 0.173. The molecule has 106 valence electrons. The van der Waals surface area contributed by atoms with Crippen LogP contribution in [0.2, 0.25) is 0 Å². The molecule has 0 aliphatic carbocycles. The lowest BCUT2D eigenvalue weighted by molar-refractivity contribution is -0.117. The molecule has 21 heavy (non-hydrogen) atoms. The molecule has 0 bridgehead atoms. The molecule has 0 amide bonds. The fraction of sp³-hybridized carbons (Fsp3) is 0.235. The molecule has 2 aromatic carbocycles. The van der Waals surface area contributed by atoms with Gasteiger partial charge in [-0.25, -0.2) is 0 Å². The number of aryl methyl sites for hydroxylation is 1. The van der Waals surface area contributed by atoms with E-state index < -0.39 is 7.12 Å². The van der Waals surface area contributed by atoms with Crippen LogP contribution in [0.3, 0.4) is 0 Å². The number of hydrogen-bond acceptors (Lipinski definition) is 3. The van der Waals surface area contributed by atoms with E-state index in [4.69, 9.17) is 4.65 Å². The molecule has 3 rings (SSSR count). The molecule has 4 heteroatoms. The quantitative estimate of drug-likeness (QED) is 0.865. The van der Waals surface area contributed by atoms with Gasteiger partial charge in [0.05, 0.1) is 6.61 Å². The van der Waals surface area contributed by atoms with Crippen LogP contribution in [-0.4, -0.2) is 17.9 Å². The Morgan fingerprint density at radius 2 is 1.81 bits per heavy atom. The number of fused-ring (bicyclic) bond motifs is 1. The van der Waals surface area contributed by atoms with Gasteiger partial charge in [0, 0.05) is 12.8 Å². The van der Waals surface area contributed by atoms with E-state index in [0.29, 0.717) is 19.4 Å². The second-order valence-electron chi connectivity index (χ2n) is 5.57. The van der Waals surface area contributed by atoms with Crippen LogP contribution in [0.5, 0.6) is 0 Å². The number of carbonyl (C=O) groups excluding carboxylic acids is 1. The molecule has 0 fully saturated rings. The Balaban J connectivity index is 1.68. The van der Waals surface area contributed by atoms with Crippen molar-refractivity contribution < 1.29 is 14.5 Å². The van der Waals surface area contributed by atoms with Crippen molar-refractivity contribution in [1.82, 2.24) is 0 Å². The number of rotatable bonds is 4. The standard InChI is InChI=1S/C17H17BO3/c1-12-2-4-13(5-3-12)8-16(19)9-14-6-7-15-11-21-18(20)17(15)10-14/h2-7,10,20H,8-9,11H2,1H3. The Labute approximate surface area is 124 Å². The summed E-state index contributed by atoms with van der Waals surface area (Å²) in [4.78, 5) is 12.2. The van der Waals surface area contributed by atoms with Gasteiger partial charge in [0.1, 0.15) is 5.78 Å². The van der Waals surface area contributed by atoms with Crippen LogP contribution < -0.4 is 5.46 Å². The highest BCUT2D eigenvalue weighted by molar-refractivity contribution is 6.61. The van der Waals surface area contributed by atoms with Gasteiger partial charge in [-0.05, 0) is 29.1 Å². The van der Waals surface area contributed by atoms with Gasteiger partial charge >= 0.3 is 7.12 Å². The minimum Gasteiger partial charge on any atom is -0.423 e. The van der Waals surface area contributed by atoms with Gasteiger partial charge in [-0.1, -0.05) is 48.0 Å². The highest BCUT2D eigenvalue weighted by Crippen LogP contribution is 2.13. The SMILES string of the molecule is Cc1ccc(CC(=O)Cc2ccc3c(c2)B(O)OC3)cc1. The molecular formula is C17H17BO3. The van der Waals surface area contributed by atoms with Gasteiger partial charge < -0.3 is 9.68 Å². The number of carbonyl (C=O) groups is 1. The van der Waals surface area contributed by atoms with Crippen LogP contribution in [-0.2, 0) is 28.9 Å². The second-order valence-corrected chi connectivity index (χ2v) is 5.57. The summed E-state index contributed by atoms with van der Waals surface area (Å²) in [6, 6.07) is 13.8. The minimum atomic E-state index is -0.854. The molecule has 0 saturated heterocycles. The summed E-state index contributed by atoms with van der Waals surface area (Å²) in [7, 11) is -0.854. The van der Waals surface area contributed by atoms with Gasteiger partial charge in [0.25, 0.3) is 0 Å². The summed E-state index contributed by atoms with van der Waals surface area (Å²) < 4.78 is 5.16. The number of hydrogen-bond donors (Lipinski definition) is 1. The molecule has 1 N–H and O–H groups in total. The molecular weight excluding hydrogens is 263 g/mol. The predicted octanol–water partition coefficient (Wildman–Crippen LogP) is 1.57. The van der Waals surface area contributed by atoms with Crippen LogP contribution in [0, 0.1) is 6.92 Å². The fourth-order valence-electron chi connectivity index (χ4n) is 2.60. The van der Waals surface area contributed by atoms with Crippen LogP contribution in [0.25, 0.3) is 0 Å². The van der Waals surface area contributed by atoms with E-state index in [1.54, 1.807) is 0 Å². The monoisotopic (exact) mass is 280 g/mol. The van der Waals surface area contributed by atoms with Crippen molar-refractivity contribution in [2.75, 3.05) is 0 Å². The molecule has 1 heterocycles. The van der Waals surface area contributed by atoms with Crippen molar-refractivity contribution in [3.8, 4) is 0 Å². The van der Waals surface area contributed by atoms with E-state index in [0.717, 1.165) is 22.2 Å². The number of Topliss-reactive ketones (excluding diaryl/α,β-unsaturated/α-hetero) is 1. The maximum Gasteiger partial charge on any atom is 0.491 e. The summed E-state index contributed by atoms with van der Waals surface area (Å²) in [6.45, 7) is 2.47. The average molecular weight is 280 g/mol. The van der Waals surface area contributed by atoms with Crippen molar-refractivity contribution in [1.29, 1.82) is 0 Å². The third kappa shape index (κ3) is 3.23. The molecule has 0 radical (unpaired) electrons. The third-order valence-electron chi connectivity index (χ3n) is 3.80. The van der Waals surface area contributed by atoms with Gasteiger partial charge in [-0.2, -0.15) is 0 Å². The van der Waals surface area contributed by atoms with Crippen LogP contribution >= 0.6 is 0 Å². The summed E-state index contributed by atoms with van der Waals surface area (Å²) in [5.74, 6) is 0.173. The topological polar surface area (TPSA) is 46.5 Å². The first kappa shape index (κ1) is 14.0. The maximum absolute atomic E-state index is 12.2. The molecule has 0 saturated carbocycles. The maximum atomic E-state index is 12.2. The van der Waals surface area contributed by atoms with E-state index in [1.807, 2.05) is 49.4 Å². The van der Waals surface area contributed by atoms with E-state index in [1.165, 1.54) is 5.56 Å². The first-order chi connectivity index (χ1) is 10.1. The molecule has 2 aromatic rings. The molecule has 3 nitrogen and oxygen atoms in total. The second kappa shape index (κ2) is 5.84. The molecule has 0 spiro atoms. The molecule has 0 unspecified atom stereocenters. The Bertz CT molecular complexity index is 664. The predicted molar refractivity (Wildman–Crippen MR) is 82.4 cm³/mol. The van der Waals surface area contributed by atoms with Crippen molar-refractivity contribution >= 4 is 18.4 Å². The van der Waals surface area contributed by atoms with Crippen molar-refractivity contribution in [3.05, 3.63) is 64.7 Å². The largest absolute Gasteiger partial charge is 0.491 e. The van der Waals surface area contributed by atoms with Crippen molar-refractivity contribution in [2.24, 2.45) is 0 Å². The highest BCUT2D eigenvalue weighted by atomic mass is 16.5. The van der Waals surface area contributed by atoms with Gasteiger partial charge in [0.15, 0.2) is 0 Å². The van der Waals surface area contributed by atoms with Crippen LogP contribution in [0.15, 0.2) is 42.5 Å². The summed E-state index contributed by atoms with van der Waals surface area (Å²) >= 11 is 0. The van der Waals surface area contributed by atoms with Crippen LogP contribution in [0.1, 0.15) is 22.3 Å². The molecule has 0 atom stereocenters. The Morgan fingerprint density at radius 3 is 2.57 bits per heavy atom. The lowest BCUT2D eigenvalue weighted by Crippen LogP contribution is -2.28. The average Bonchev–Trinajstić information content (AvgIpc) is 2.83. The van der Waals surface area contributed by atoms with E-state index >= 15 is 0 Å². The zero-order valence-electron chi connectivity index (χ0n) is 12.0. The van der Waals surface area contributed by atoms with E-state index in [2.05, 4.69) is 0 Å². The highest BCUT2D eigenvalue weighted by Gasteiger charge is 2.27. The Kier molecular flexibility index (Phi) is 3.91. The summed E-state index contributed by atoms with van der Waals surface area (Å²) in [5.41, 5.74) is 4.94. The summed E-state index contributed by atoms with van der Waals surface area (Å²) in [5, 5.41) is 9.69. The van der Waals surface area contributed by atoms with Gasteiger partial charge in [0.2, 0.25) is 0 Å². The molecule has 0 aromatic heterocycles. The summed E-state index contributed by atoms with van der Waals surface area (Å²) in [6.07, 6.45) is 0.824. The van der Waals surface area contributed by atoms with Crippen molar-refractivity contribution in [3.63, 3.8) is 0 Å². The smallest absolute Gasteiger partial charge is 0.423 e. The first-order valence-corrected chi connectivity index (χ1v) is 7.10. The lowest BCUT2D eigenvalue weighted by Gasteiger charge is -2.05. The van der Waals surface area contributed by atoms with Gasteiger partial charge in [-0.15, -0.1) is 0 Å². The normalized spacial score (nSPS) is 13.3. The van der Waals surface area contributed by atoms with Gasteiger partial charge in [-0.3, -0.25) is 4.79 Å². The molecule has 1 aliphatic heterocycles. The fourth-order valence-corrected chi connectivity index (χ4v) is 2.60. The number of ketones is 1. The number of benzene rings is 2.